The van der Waals surface area contributed by atoms with Crippen LogP contribution in [0.25, 0.3) is 0 Å². The lowest BCUT2D eigenvalue weighted by atomic mass is 10.1. The Morgan fingerprint density at radius 3 is 2.86 bits per heavy atom. The molecule has 5 nitrogen and oxygen atoms in total. The predicted octanol–water partition coefficient (Wildman–Crippen LogP) is 1.26. The Bertz CT molecular complexity index is 687. The van der Waals surface area contributed by atoms with E-state index in [2.05, 4.69) is 20.6 Å². The molecule has 1 atom stereocenters. The molecule has 3 rings (SSSR count). The third-order valence-electron chi connectivity index (χ3n) is 3.51. The van der Waals surface area contributed by atoms with Crippen LogP contribution < -0.4 is 10.6 Å². The number of carbonyl (C=O) groups excluding carboxylic acids is 1. The number of nitrogens with one attached hydrogen (secondary N) is 2. The number of benzene rings is 1. The first-order valence-electron chi connectivity index (χ1n) is 6.88. The Morgan fingerprint density at radius 2 is 2.09 bits per heavy atom. The van der Waals surface area contributed by atoms with E-state index < -0.39 is 17.7 Å². The summed E-state index contributed by atoms with van der Waals surface area (Å²) in [5.74, 6) is -1.44. The fourth-order valence-corrected chi connectivity index (χ4v) is 2.48. The van der Waals surface area contributed by atoms with Gasteiger partial charge in [0.15, 0.2) is 0 Å². The molecular weight excluding hydrogens is 290 g/mol. The van der Waals surface area contributed by atoms with Crippen molar-refractivity contribution in [3.8, 4) is 0 Å². The first-order valence-corrected chi connectivity index (χ1v) is 6.88. The maximum Gasteiger partial charge on any atom is 0.241 e. The van der Waals surface area contributed by atoms with Gasteiger partial charge in [0.25, 0.3) is 0 Å². The van der Waals surface area contributed by atoms with Gasteiger partial charge >= 0.3 is 0 Å². The van der Waals surface area contributed by atoms with Gasteiger partial charge in [-0.25, -0.2) is 18.7 Å². The SMILES string of the molecule is O=C(NCCc1cc(F)cc(F)c1)C1NCc2ncncc21. The van der Waals surface area contributed by atoms with E-state index in [1.54, 1.807) is 6.20 Å². The minimum absolute atomic E-state index is 0.203. The van der Waals surface area contributed by atoms with E-state index in [-0.39, 0.29) is 5.91 Å². The van der Waals surface area contributed by atoms with Crippen molar-refractivity contribution < 1.29 is 13.6 Å². The van der Waals surface area contributed by atoms with E-state index in [1.807, 2.05) is 0 Å². The summed E-state index contributed by atoms with van der Waals surface area (Å²) in [6.07, 6.45) is 3.42. The summed E-state index contributed by atoms with van der Waals surface area (Å²) in [5, 5.41) is 5.81. The van der Waals surface area contributed by atoms with E-state index in [4.69, 9.17) is 0 Å². The Kier molecular flexibility index (Phi) is 4.06. The van der Waals surface area contributed by atoms with Crippen molar-refractivity contribution in [2.75, 3.05) is 6.54 Å². The van der Waals surface area contributed by atoms with Crippen molar-refractivity contribution in [1.82, 2.24) is 20.6 Å². The van der Waals surface area contributed by atoms with E-state index in [9.17, 15) is 13.6 Å². The molecule has 7 heteroatoms. The molecule has 1 aromatic heterocycles. The van der Waals surface area contributed by atoms with Gasteiger partial charge in [-0.05, 0) is 24.1 Å². The minimum Gasteiger partial charge on any atom is -0.354 e. The van der Waals surface area contributed by atoms with Crippen molar-refractivity contribution in [2.24, 2.45) is 0 Å². The Labute approximate surface area is 125 Å². The van der Waals surface area contributed by atoms with Gasteiger partial charge in [-0.3, -0.25) is 10.1 Å². The highest BCUT2D eigenvalue weighted by Gasteiger charge is 2.28. The highest BCUT2D eigenvalue weighted by atomic mass is 19.1. The van der Waals surface area contributed by atoms with Gasteiger partial charge in [-0.2, -0.15) is 0 Å². The molecule has 1 unspecified atom stereocenters. The second kappa shape index (κ2) is 6.15. The molecule has 1 aliphatic rings. The number of halogens is 2. The summed E-state index contributed by atoms with van der Waals surface area (Å²) in [7, 11) is 0. The average molecular weight is 304 g/mol. The molecule has 0 bridgehead atoms. The highest BCUT2D eigenvalue weighted by Crippen LogP contribution is 2.22. The first kappa shape index (κ1) is 14.5. The number of rotatable bonds is 4. The van der Waals surface area contributed by atoms with Gasteiger partial charge in [0.1, 0.15) is 24.0 Å². The van der Waals surface area contributed by atoms with Crippen LogP contribution in [0.5, 0.6) is 0 Å². The molecule has 0 aliphatic carbocycles. The monoisotopic (exact) mass is 304 g/mol. The van der Waals surface area contributed by atoms with E-state index in [0.29, 0.717) is 25.1 Å². The number of nitrogens with zero attached hydrogens (tertiary/aromatic N) is 2. The number of hydrogen-bond donors (Lipinski definition) is 2. The third kappa shape index (κ3) is 3.09. The van der Waals surface area contributed by atoms with Crippen molar-refractivity contribution in [3.05, 3.63) is 59.2 Å². The lowest BCUT2D eigenvalue weighted by Crippen LogP contribution is -2.35. The number of amides is 1. The molecule has 1 aromatic carbocycles. The number of carbonyl (C=O) groups is 1. The van der Waals surface area contributed by atoms with Crippen LogP contribution in [0, 0.1) is 11.6 Å². The molecule has 0 spiro atoms. The summed E-state index contributed by atoms with van der Waals surface area (Å²) in [6.45, 7) is 0.813. The molecular formula is C15H14F2N4O. The van der Waals surface area contributed by atoms with Gasteiger partial charge in [0.2, 0.25) is 5.91 Å². The van der Waals surface area contributed by atoms with Crippen molar-refractivity contribution in [1.29, 1.82) is 0 Å². The normalized spacial score (nSPS) is 16.4. The summed E-state index contributed by atoms with van der Waals surface area (Å²) < 4.78 is 26.1. The molecule has 0 saturated heterocycles. The Morgan fingerprint density at radius 1 is 1.32 bits per heavy atom. The smallest absolute Gasteiger partial charge is 0.241 e. The number of aromatic nitrogens is 2. The minimum atomic E-state index is -0.620. The lowest BCUT2D eigenvalue weighted by molar-refractivity contribution is -0.123. The molecule has 0 fully saturated rings. The van der Waals surface area contributed by atoms with Crippen LogP contribution in [0.4, 0.5) is 8.78 Å². The maximum atomic E-state index is 13.1. The quantitative estimate of drug-likeness (QED) is 0.892. The van der Waals surface area contributed by atoms with Crippen LogP contribution in [0.1, 0.15) is 22.9 Å². The van der Waals surface area contributed by atoms with Gasteiger partial charge in [0.05, 0.1) is 5.69 Å². The van der Waals surface area contributed by atoms with Crippen LogP contribution in [-0.2, 0) is 17.8 Å². The van der Waals surface area contributed by atoms with Crippen LogP contribution in [0.2, 0.25) is 0 Å². The van der Waals surface area contributed by atoms with Crippen LogP contribution in [0.15, 0.2) is 30.7 Å². The Hall–Kier alpha value is -2.41. The Balaban J connectivity index is 1.57. The predicted molar refractivity (Wildman–Crippen MR) is 74.7 cm³/mol. The molecule has 2 aromatic rings. The van der Waals surface area contributed by atoms with Crippen molar-refractivity contribution in [3.63, 3.8) is 0 Å². The van der Waals surface area contributed by atoms with Crippen molar-refractivity contribution in [2.45, 2.75) is 19.0 Å². The fourth-order valence-electron chi connectivity index (χ4n) is 2.48. The zero-order valence-electron chi connectivity index (χ0n) is 11.6. The molecule has 22 heavy (non-hydrogen) atoms. The van der Waals surface area contributed by atoms with Gasteiger partial charge < -0.3 is 5.32 Å². The summed E-state index contributed by atoms with van der Waals surface area (Å²) in [5.41, 5.74) is 2.07. The second-order valence-corrected chi connectivity index (χ2v) is 5.06. The molecule has 0 radical (unpaired) electrons. The third-order valence-corrected chi connectivity index (χ3v) is 3.51. The molecule has 1 aliphatic heterocycles. The van der Waals surface area contributed by atoms with E-state index >= 15 is 0 Å². The fraction of sp³-hybridized carbons (Fsp3) is 0.267. The molecule has 1 amide bonds. The van der Waals surface area contributed by atoms with E-state index in [0.717, 1.165) is 17.3 Å². The zero-order chi connectivity index (χ0) is 15.5. The maximum absolute atomic E-state index is 13.1. The van der Waals surface area contributed by atoms with Gasteiger partial charge in [-0.15, -0.1) is 0 Å². The topological polar surface area (TPSA) is 66.9 Å². The number of fused-ring (bicyclic) bond motifs is 1. The first-order chi connectivity index (χ1) is 10.6. The highest BCUT2D eigenvalue weighted by molar-refractivity contribution is 5.84. The second-order valence-electron chi connectivity index (χ2n) is 5.06. The largest absolute Gasteiger partial charge is 0.354 e. The molecule has 2 heterocycles. The van der Waals surface area contributed by atoms with Crippen LogP contribution in [-0.4, -0.2) is 22.4 Å². The lowest BCUT2D eigenvalue weighted by Gasteiger charge is -2.12. The average Bonchev–Trinajstić information content (AvgIpc) is 2.90. The summed E-state index contributed by atoms with van der Waals surface area (Å²) in [4.78, 5) is 20.2. The van der Waals surface area contributed by atoms with Gasteiger partial charge in [0, 0.05) is 30.9 Å². The van der Waals surface area contributed by atoms with Crippen molar-refractivity contribution >= 4 is 5.91 Å². The number of hydrogen-bond acceptors (Lipinski definition) is 4. The van der Waals surface area contributed by atoms with Crippen LogP contribution in [0.3, 0.4) is 0 Å². The zero-order valence-corrected chi connectivity index (χ0v) is 11.6. The summed E-state index contributed by atoms with van der Waals surface area (Å²) in [6, 6.07) is 2.85. The van der Waals surface area contributed by atoms with Crippen LogP contribution >= 0.6 is 0 Å². The summed E-state index contributed by atoms with van der Waals surface area (Å²) >= 11 is 0. The molecule has 2 N–H and O–H groups in total. The van der Waals surface area contributed by atoms with Gasteiger partial charge in [-0.1, -0.05) is 0 Å². The standard InChI is InChI=1S/C15H14F2N4O/c16-10-3-9(4-11(17)5-10)1-2-19-15(22)14-12-6-18-8-21-13(12)7-20-14/h3-6,8,14,20H,1-2,7H2,(H,19,22). The van der Waals surface area contributed by atoms with E-state index in [1.165, 1.54) is 18.5 Å². The molecule has 114 valence electrons. The molecule has 0 saturated carbocycles.